The number of unbranched alkanes of at least 4 members (excludes halogenated alkanes) is 3. The van der Waals surface area contributed by atoms with E-state index in [2.05, 4.69) is 16.0 Å². The van der Waals surface area contributed by atoms with Crippen molar-refractivity contribution in [1.29, 1.82) is 0 Å². The molecule has 498 valence electrons. The predicted octanol–water partition coefficient (Wildman–Crippen LogP) is -0.780. The van der Waals surface area contributed by atoms with Gasteiger partial charge in [0.25, 0.3) is 0 Å². The number of ether oxygens (including phenoxy) is 1. The van der Waals surface area contributed by atoms with Crippen LogP contribution in [0.5, 0.6) is 0 Å². The number of alkyl carbamates (subject to hydrolysis) is 1. The third-order valence-electron chi connectivity index (χ3n) is 16.1. The van der Waals surface area contributed by atoms with E-state index >= 15 is 0 Å². The lowest BCUT2D eigenvalue weighted by Gasteiger charge is -2.33. The van der Waals surface area contributed by atoms with Crippen molar-refractivity contribution < 1.29 is 93.2 Å². The topological polar surface area (TPSA) is 401 Å². The lowest BCUT2D eigenvalue weighted by Crippen LogP contribution is -2.51. The zero-order valence-corrected chi connectivity index (χ0v) is 51.0. The number of aliphatic carboxylic acids is 7. The van der Waals surface area contributed by atoms with E-state index in [-0.39, 0.29) is 207 Å². The minimum absolute atomic E-state index is 0.0124. The molecule has 2 atom stereocenters. The fraction of sp³-hybridized carbons (Fsp3) is 0.617. The van der Waals surface area contributed by atoms with Gasteiger partial charge >= 0.3 is 47.9 Å². The van der Waals surface area contributed by atoms with E-state index in [1.807, 2.05) is 48.5 Å². The largest absolute Gasteiger partial charge is 0.480 e. The Balaban J connectivity index is 1.21. The summed E-state index contributed by atoms with van der Waals surface area (Å²) in [5, 5.41) is 75.9. The first-order valence-corrected chi connectivity index (χ1v) is 30.5. The Bertz CT molecular complexity index is 2630. The van der Waals surface area contributed by atoms with Gasteiger partial charge in [0.1, 0.15) is 12.6 Å². The zero-order chi connectivity index (χ0) is 65.5. The van der Waals surface area contributed by atoms with Gasteiger partial charge in [0.15, 0.2) is 5.78 Å². The number of Topliss-reactive ketones (excluding diaryl/α,β-unsaturated/α-hetero) is 1. The van der Waals surface area contributed by atoms with Crippen LogP contribution >= 0.6 is 0 Å². The van der Waals surface area contributed by atoms with Crippen molar-refractivity contribution in [1.82, 2.24) is 55.1 Å². The molecule has 2 heterocycles. The molecule has 0 bridgehead atoms. The first-order chi connectivity index (χ1) is 43.0. The van der Waals surface area contributed by atoms with Crippen LogP contribution in [0.1, 0.15) is 68.4 Å². The molecule has 0 radical (unpaired) electrons. The summed E-state index contributed by atoms with van der Waals surface area (Å²) < 4.78 is 5.59. The molecule has 5 rings (SSSR count). The number of amides is 3. The van der Waals surface area contributed by atoms with Crippen LogP contribution in [0.4, 0.5) is 4.79 Å². The number of nitrogens with one attached hydrogen (secondary N) is 3. The highest BCUT2D eigenvalue weighted by atomic mass is 16.5. The summed E-state index contributed by atoms with van der Waals surface area (Å²) in [6.07, 6.45) is 0.964. The van der Waals surface area contributed by atoms with Crippen molar-refractivity contribution in [3.63, 3.8) is 0 Å². The molecule has 2 aromatic rings. The SMILES string of the molecule is O=C(O)CN1CCN(CC(=O)O)CCN(CC(=O)NCCCCC(NC(=O)CN2CCN(CC(=O)O)CCN(CC(=O)O)CCN(CC(=O)O)CC2)C(=O)CCCCCC(NC(=O)OCC2c3ccccc3-c3ccccc32)C(=O)O)CCN(CC(=O)O)CC1. The van der Waals surface area contributed by atoms with E-state index in [0.29, 0.717) is 32.1 Å². The summed E-state index contributed by atoms with van der Waals surface area (Å²) in [6, 6.07) is 13.3. The van der Waals surface area contributed by atoms with Crippen LogP contribution in [0, 0.1) is 0 Å². The minimum Gasteiger partial charge on any atom is -0.480 e. The number of ketones is 1. The molecule has 3 amide bonds. The smallest absolute Gasteiger partial charge is 0.407 e. The van der Waals surface area contributed by atoms with E-state index in [1.165, 1.54) is 0 Å². The number of benzene rings is 2. The van der Waals surface area contributed by atoms with Gasteiger partial charge in [-0.3, -0.25) is 82.4 Å². The van der Waals surface area contributed by atoms with Gasteiger partial charge in [-0.2, -0.15) is 0 Å². The Morgan fingerprint density at radius 2 is 0.733 bits per heavy atom. The van der Waals surface area contributed by atoms with E-state index in [1.54, 1.807) is 39.2 Å². The number of carboxylic acids is 7. The van der Waals surface area contributed by atoms with Crippen molar-refractivity contribution in [3.05, 3.63) is 59.7 Å². The highest BCUT2D eigenvalue weighted by Crippen LogP contribution is 2.44. The molecule has 2 saturated heterocycles. The summed E-state index contributed by atoms with van der Waals surface area (Å²) in [5.74, 6) is -9.35. The first-order valence-electron chi connectivity index (χ1n) is 30.5. The number of rotatable bonds is 33. The van der Waals surface area contributed by atoms with Crippen LogP contribution in [0.15, 0.2) is 48.5 Å². The number of carbonyl (C=O) groups is 11. The summed E-state index contributed by atoms with van der Waals surface area (Å²) in [6.45, 7) is 0.710. The second kappa shape index (κ2) is 38.8. The number of hydrogen-bond donors (Lipinski definition) is 10. The highest BCUT2D eigenvalue weighted by Gasteiger charge is 2.31. The molecule has 0 saturated carbocycles. The fourth-order valence-electron chi connectivity index (χ4n) is 11.3. The number of nitrogens with zero attached hydrogens (tertiary/aromatic N) is 8. The van der Waals surface area contributed by atoms with E-state index < -0.39 is 65.9 Å². The molecule has 2 aliphatic heterocycles. The molecule has 2 unspecified atom stereocenters. The van der Waals surface area contributed by atoms with Gasteiger partial charge in [-0.25, -0.2) is 9.59 Å². The lowest BCUT2D eigenvalue weighted by atomic mass is 9.98. The van der Waals surface area contributed by atoms with Crippen LogP contribution in [-0.2, 0) is 52.7 Å². The average Bonchev–Trinajstić information content (AvgIpc) is 1.89. The van der Waals surface area contributed by atoms with Crippen molar-refractivity contribution in [2.45, 2.75) is 69.4 Å². The van der Waals surface area contributed by atoms with E-state index in [4.69, 9.17) is 4.74 Å². The van der Waals surface area contributed by atoms with Gasteiger partial charge in [-0.05, 0) is 54.4 Å². The molecule has 2 aromatic carbocycles. The molecule has 3 aliphatic rings. The molecule has 10 N–H and O–H groups in total. The summed E-state index contributed by atoms with van der Waals surface area (Å²) in [7, 11) is 0. The molecule has 1 aliphatic carbocycles. The zero-order valence-electron chi connectivity index (χ0n) is 51.0. The first kappa shape index (κ1) is 73.0. The second-order valence-electron chi connectivity index (χ2n) is 23.0. The Kier molecular flexibility index (Phi) is 31.4. The molecule has 30 heteroatoms. The quantitative estimate of drug-likeness (QED) is 0.0392. The van der Waals surface area contributed by atoms with Gasteiger partial charge in [-0.1, -0.05) is 61.4 Å². The average molecular weight is 1270 g/mol. The van der Waals surface area contributed by atoms with Gasteiger partial charge in [-0.15, -0.1) is 0 Å². The van der Waals surface area contributed by atoms with Gasteiger partial charge in [0, 0.05) is 124 Å². The number of fused-ring (bicyclic) bond motifs is 3. The Morgan fingerprint density at radius 3 is 1.10 bits per heavy atom. The molecular weight excluding hydrogens is 1180 g/mol. The molecule has 0 spiro atoms. The van der Waals surface area contributed by atoms with Gasteiger partial charge in [0.2, 0.25) is 11.8 Å². The summed E-state index contributed by atoms with van der Waals surface area (Å²) >= 11 is 0. The van der Waals surface area contributed by atoms with E-state index in [9.17, 15) is 88.5 Å². The van der Waals surface area contributed by atoms with Crippen molar-refractivity contribution in [2.24, 2.45) is 0 Å². The lowest BCUT2D eigenvalue weighted by molar-refractivity contribution is -0.140. The van der Waals surface area contributed by atoms with Crippen LogP contribution < -0.4 is 16.0 Å². The third kappa shape index (κ3) is 27.6. The van der Waals surface area contributed by atoms with Gasteiger partial charge in [0.05, 0.1) is 58.4 Å². The maximum absolute atomic E-state index is 14.1. The highest BCUT2D eigenvalue weighted by molar-refractivity contribution is 5.89. The molecule has 90 heavy (non-hydrogen) atoms. The van der Waals surface area contributed by atoms with Crippen molar-refractivity contribution in [2.75, 3.05) is 170 Å². The van der Waals surface area contributed by atoms with E-state index in [0.717, 1.165) is 22.3 Å². The predicted molar refractivity (Wildman–Crippen MR) is 324 cm³/mol. The Hall–Kier alpha value is -7.71. The number of hydrogen-bond acceptors (Lipinski definition) is 20. The third-order valence-corrected chi connectivity index (χ3v) is 16.1. The van der Waals surface area contributed by atoms with Crippen LogP contribution in [0.2, 0.25) is 0 Å². The number of carbonyl (C=O) groups excluding carboxylic acids is 4. The number of carboxylic acid groups (broad SMARTS) is 7. The maximum atomic E-state index is 14.1. The van der Waals surface area contributed by atoms with Crippen molar-refractivity contribution in [3.8, 4) is 11.1 Å². The Labute approximate surface area is 522 Å². The summed E-state index contributed by atoms with van der Waals surface area (Å²) in [5.41, 5.74) is 4.06. The normalized spacial score (nSPS) is 17.7. The Morgan fingerprint density at radius 1 is 0.400 bits per heavy atom. The second-order valence-corrected chi connectivity index (χ2v) is 23.0. The molecular formula is C60H89N11O19. The molecule has 2 fully saturated rings. The minimum atomic E-state index is -1.28. The van der Waals surface area contributed by atoms with Crippen molar-refractivity contribution >= 4 is 65.5 Å². The summed E-state index contributed by atoms with van der Waals surface area (Å²) in [4.78, 5) is 151. The van der Waals surface area contributed by atoms with Crippen LogP contribution in [0.3, 0.4) is 0 Å². The molecule has 30 nitrogen and oxygen atoms in total. The van der Waals surface area contributed by atoms with Crippen LogP contribution in [-0.4, -0.2) is 323 Å². The molecule has 0 aromatic heterocycles. The standard InChI is InChI=1S/C60H89N11O19/c72-50(16-3-1-2-15-49(59(87)88)63-60(89)90-42-47-45-12-6-4-10-43(45)44-11-5-7-13-46(44)47)48(62-52(74)35-65-20-24-68(38-55(79)80)28-32-71(41-58(85)86)33-29-69(25-21-65)39-56(81)82)14-8-9-17-61-51(73)34-64-18-22-66(36-53(75)76)26-30-70(40-57(83)84)31-27-67(23-19-64)37-54(77)78/h4-7,10-13,47-49H,1-3,8-9,14-42H2,(H,61,73)(H,62,74)(H,63,89)(H,75,76)(H,77,78)(H,79,80)(H,81,82)(H,83,84)(H,85,86)(H,87,88). The van der Waals surface area contributed by atoms with Crippen LogP contribution in [0.25, 0.3) is 11.1 Å². The fourth-order valence-corrected chi connectivity index (χ4v) is 11.3. The maximum Gasteiger partial charge on any atom is 0.407 e. The monoisotopic (exact) mass is 1270 g/mol. The van der Waals surface area contributed by atoms with Gasteiger partial charge < -0.3 is 56.4 Å².